The highest BCUT2D eigenvalue weighted by atomic mass is 32.1. The first kappa shape index (κ1) is 15.1. The fourth-order valence-corrected chi connectivity index (χ4v) is 3.39. The van der Waals surface area contributed by atoms with Crippen LogP contribution in [-0.4, -0.2) is 32.3 Å². The highest BCUT2D eigenvalue weighted by Crippen LogP contribution is 2.20. The summed E-state index contributed by atoms with van der Waals surface area (Å²) < 4.78 is 1.67. The van der Waals surface area contributed by atoms with E-state index in [1.54, 1.807) is 4.52 Å². The van der Waals surface area contributed by atoms with Gasteiger partial charge >= 0.3 is 0 Å². The molecule has 0 unspecified atom stereocenters. The van der Waals surface area contributed by atoms with Crippen LogP contribution in [0.25, 0.3) is 4.96 Å². The van der Waals surface area contributed by atoms with E-state index in [-0.39, 0.29) is 11.8 Å². The van der Waals surface area contributed by atoms with E-state index in [0.29, 0.717) is 16.5 Å². The van der Waals surface area contributed by atoms with E-state index in [1.165, 1.54) is 42.6 Å². The lowest BCUT2D eigenvalue weighted by Crippen LogP contribution is -2.25. The lowest BCUT2D eigenvalue weighted by molar-refractivity contribution is 0.0952. The largest absolute Gasteiger partial charge is 0.350 e. The lowest BCUT2D eigenvalue weighted by Gasteiger charge is -2.12. The lowest BCUT2D eigenvalue weighted by atomic mass is 9.97. The van der Waals surface area contributed by atoms with Gasteiger partial charge in [-0.15, -0.1) is 15.3 Å². The van der Waals surface area contributed by atoms with Crippen molar-refractivity contribution in [2.75, 3.05) is 6.54 Å². The summed E-state index contributed by atoms with van der Waals surface area (Å²) >= 11 is 1.28. The maximum Gasteiger partial charge on any atom is 0.282 e. The molecule has 1 aliphatic carbocycles. The second-order valence-corrected chi connectivity index (χ2v) is 6.88. The molecule has 2 aromatic rings. The number of fused-ring (bicyclic) bond motifs is 1. The van der Waals surface area contributed by atoms with E-state index in [1.807, 2.05) is 13.8 Å². The quantitative estimate of drug-likeness (QED) is 0.860. The van der Waals surface area contributed by atoms with Crippen molar-refractivity contribution in [3.63, 3.8) is 0 Å². The molecule has 2 heterocycles. The summed E-state index contributed by atoms with van der Waals surface area (Å²) in [5.74, 6) is 0.894. The minimum atomic E-state index is -0.124. The fourth-order valence-electron chi connectivity index (χ4n) is 2.63. The van der Waals surface area contributed by atoms with Crippen molar-refractivity contribution in [3.05, 3.63) is 22.5 Å². The summed E-state index contributed by atoms with van der Waals surface area (Å²) in [6.07, 6.45) is 8.17. The summed E-state index contributed by atoms with van der Waals surface area (Å²) in [6, 6.07) is 0. The molecule has 1 aliphatic rings. The van der Waals surface area contributed by atoms with E-state index < -0.39 is 0 Å². The molecule has 0 fully saturated rings. The van der Waals surface area contributed by atoms with Crippen molar-refractivity contribution in [2.45, 2.75) is 51.9 Å². The van der Waals surface area contributed by atoms with Crippen molar-refractivity contribution in [2.24, 2.45) is 0 Å². The number of allylic oxidation sites excluding steroid dienone is 1. The number of aromatic nitrogens is 4. The first-order valence-electron chi connectivity index (χ1n) is 7.83. The first-order chi connectivity index (χ1) is 10.6. The number of nitrogens with one attached hydrogen (secondary N) is 1. The Morgan fingerprint density at radius 1 is 1.41 bits per heavy atom. The van der Waals surface area contributed by atoms with Gasteiger partial charge in [0.15, 0.2) is 5.82 Å². The van der Waals surface area contributed by atoms with E-state index >= 15 is 0 Å². The summed E-state index contributed by atoms with van der Waals surface area (Å²) in [5.41, 5.74) is 1.46. The van der Waals surface area contributed by atoms with Gasteiger partial charge in [-0.25, -0.2) is 0 Å². The van der Waals surface area contributed by atoms with Crippen LogP contribution in [0.3, 0.4) is 0 Å². The molecule has 2 aromatic heterocycles. The smallest absolute Gasteiger partial charge is 0.282 e. The van der Waals surface area contributed by atoms with Crippen molar-refractivity contribution >= 4 is 22.2 Å². The summed E-state index contributed by atoms with van der Waals surface area (Å²) in [6.45, 7) is 4.74. The van der Waals surface area contributed by atoms with Gasteiger partial charge in [-0.3, -0.25) is 4.79 Å². The van der Waals surface area contributed by atoms with Crippen LogP contribution in [0.15, 0.2) is 11.6 Å². The normalized spacial score (nSPS) is 15.3. The molecule has 0 bridgehead atoms. The zero-order chi connectivity index (χ0) is 15.5. The van der Waals surface area contributed by atoms with Crippen LogP contribution < -0.4 is 5.32 Å². The maximum atomic E-state index is 12.2. The highest BCUT2D eigenvalue weighted by Gasteiger charge is 2.18. The van der Waals surface area contributed by atoms with Crippen LogP contribution in [0.1, 0.15) is 67.5 Å². The Labute approximate surface area is 133 Å². The number of nitrogens with zero attached hydrogens (tertiary/aromatic N) is 4. The zero-order valence-corrected chi connectivity index (χ0v) is 13.8. The van der Waals surface area contributed by atoms with E-state index in [2.05, 4.69) is 26.7 Å². The molecule has 1 amide bonds. The average Bonchev–Trinajstić information content (AvgIpc) is 3.08. The number of rotatable bonds is 5. The third-order valence-corrected chi connectivity index (χ3v) is 4.74. The van der Waals surface area contributed by atoms with Crippen LogP contribution in [-0.2, 0) is 0 Å². The third-order valence-electron chi connectivity index (χ3n) is 3.84. The molecular formula is C15H21N5OS. The molecule has 0 spiro atoms. The Kier molecular flexibility index (Phi) is 4.52. The third kappa shape index (κ3) is 3.19. The predicted molar refractivity (Wildman–Crippen MR) is 86.2 cm³/mol. The molecule has 118 valence electrons. The fraction of sp³-hybridized carbons (Fsp3) is 0.600. The van der Waals surface area contributed by atoms with Gasteiger partial charge in [0.1, 0.15) is 0 Å². The molecule has 3 rings (SSSR count). The molecule has 0 atom stereocenters. The van der Waals surface area contributed by atoms with E-state index in [0.717, 1.165) is 12.2 Å². The minimum Gasteiger partial charge on any atom is -0.350 e. The number of carbonyl (C=O) groups excluding carboxylic acids is 1. The van der Waals surface area contributed by atoms with Gasteiger partial charge in [0.25, 0.3) is 5.91 Å². The number of hydrogen-bond acceptors (Lipinski definition) is 5. The Morgan fingerprint density at radius 3 is 3.00 bits per heavy atom. The summed E-state index contributed by atoms with van der Waals surface area (Å²) in [5, 5.41) is 15.9. The van der Waals surface area contributed by atoms with Gasteiger partial charge in [-0.1, -0.05) is 36.8 Å². The van der Waals surface area contributed by atoms with Crippen molar-refractivity contribution in [1.82, 2.24) is 25.1 Å². The highest BCUT2D eigenvalue weighted by molar-refractivity contribution is 7.18. The maximum absolute atomic E-state index is 12.2. The summed E-state index contributed by atoms with van der Waals surface area (Å²) in [7, 11) is 0. The molecule has 0 aliphatic heterocycles. The molecule has 1 N–H and O–H groups in total. The SMILES string of the molecule is CC(C)c1nnc2sc(C(=O)NCCC3=CCCCC3)nn12. The van der Waals surface area contributed by atoms with Crippen LogP contribution in [0.5, 0.6) is 0 Å². The molecule has 6 nitrogen and oxygen atoms in total. The number of amides is 1. The van der Waals surface area contributed by atoms with Crippen LogP contribution >= 0.6 is 11.3 Å². The van der Waals surface area contributed by atoms with E-state index in [9.17, 15) is 4.79 Å². The standard InChI is InChI=1S/C15H21N5OS/c1-10(2)12-17-18-15-20(12)19-14(22-15)13(21)16-9-8-11-6-4-3-5-7-11/h6,10H,3-5,7-9H2,1-2H3,(H,16,21). The molecule has 0 saturated carbocycles. The van der Waals surface area contributed by atoms with Crippen LogP contribution in [0, 0.1) is 0 Å². The first-order valence-corrected chi connectivity index (χ1v) is 8.65. The average molecular weight is 319 g/mol. The Hall–Kier alpha value is -1.76. The topological polar surface area (TPSA) is 72.2 Å². The van der Waals surface area contributed by atoms with Crippen molar-refractivity contribution in [1.29, 1.82) is 0 Å². The van der Waals surface area contributed by atoms with Crippen molar-refractivity contribution in [3.8, 4) is 0 Å². The Balaban J connectivity index is 1.61. The Bertz CT molecular complexity index is 700. The molecule has 22 heavy (non-hydrogen) atoms. The van der Waals surface area contributed by atoms with Gasteiger partial charge < -0.3 is 5.32 Å². The van der Waals surface area contributed by atoms with E-state index in [4.69, 9.17) is 0 Å². The van der Waals surface area contributed by atoms with Crippen molar-refractivity contribution < 1.29 is 4.79 Å². The van der Waals surface area contributed by atoms with Gasteiger partial charge in [0.2, 0.25) is 9.97 Å². The van der Waals surface area contributed by atoms with Gasteiger partial charge in [-0.05, 0) is 32.1 Å². The second-order valence-electron chi connectivity index (χ2n) is 5.93. The molecule has 0 saturated heterocycles. The van der Waals surface area contributed by atoms with Crippen LogP contribution in [0.2, 0.25) is 0 Å². The summed E-state index contributed by atoms with van der Waals surface area (Å²) in [4.78, 5) is 12.9. The molecule has 0 radical (unpaired) electrons. The molecule has 7 heteroatoms. The van der Waals surface area contributed by atoms with Crippen LogP contribution in [0.4, 0.5) is 0 Å². The van der Waals surface area contributed by atoms with Gasteiger partial charge in [0.05, 0.1) is 0 Å². The zero-order valence-electron chi connectivity index (χ0n) is 13.0. The molecule has 0 aromatic carbocycles. The Morgan fingerprint density at radius 2 is 2.27 bits per heavy atom. The van der Waals surface area contributed by atoms with Gasteiger partial charge in [0, 0.05) is 12.5 Å². The monoisotopic (exact) mass is 319 g/mol. The number of carbonyl (C=O) groups is 1. The molecular weight excluding hydrogens is 298 g/mol. The number of hydrogen-bond donors (Lipinski definition) is 1. The minimum absolute atomic E-state index is 0.124. The van der Waals surface area contributed by atoms with Gasteiger partial charge in [-0.2, -0.15) is 4.52 Å². The second kappa shape index (κ2) is 6.56. The predicted octanol–water partition coefficient (Wildman–Crippen LogP) is 2.93.